The first kappa shape index (κ1) is 17.2. The molecule has 0 amide bonds. The standard InChI is InChI=1S/C18H25N3O2S/c1-18(11-19)7-8-21(12-18)9-13-10-24-17(20-13)14-5-4-6-15(22-2)16(14)23-3/h4-6,10H,7-9,11-12,19H2,1-3H3. The molecule has 0 bridgehead atoms. The van der Waals surface area contributed by atoms with Crippen molar-refractivity contribution in [2.75, 3.05) is 33.9 Å². The molecule has 2 heterocycles. The molecule has 1 atom stereocenters. The minimum absolute atomic E-state index is 0.245. The molecule has 5 nitrogen and oxygen atoms in total. The molecule has 6 heteroatoms. The largest absolute Gasteiger partial charge is 0.493 e. The van der Waals surface area contributed by atoms with Crippen LogP contribution in [0.2, 0.25) is 0 Å². The zero-order valence-corrected chi connectivity index (χ0v) is 15.4. The summed E-state index contributed by atoms with van der Waals surface area (Å²) in [6, 6.07) is 5.88. The van der Waals surface area contributed by atoms with Crippen LogP contribution in [-0.2, 0) is 6.54 Å². The fourth-order valence-corrected chi connectivity index (χ4v) is 4.05. The van der Waals surface area contributed by atoms with Gasteiger partial charge in [-0.1, -0.05) is 13.0 Å². The fourth-order valence-electron chi connectivity index (χ4n) is 3.22. The van der Waals surface area contributed by atoms with Crippen LogP contribution in [0.4, 0.5) is 0 Å². The van der Waals surface area contributed by atoms with Crippen molar-refractivity contribution in [3.8, 4) is 22.1 Å². The minimum atomic E-state index is 0.245. The van der Waals surface area contributed by atoms with Gasteiger partial charge in [0.25, 0.3) is 0 Å². The number of rotatable bonds is 6. The number of benzene rings is 1. The highest BCUT2D eigenvalue weighted by atomic mass is 32.1. The van der Waals surface area contributed by atoms with Gasteiger partial charge in [-0.15, -0.1) is 11.3 Å². The maximum absolute atomic E-state index is 5.90. The van der Waals surface area contributed by atoms with Crippen molar-refractivity contribution in [3.05, 3.63) is 29.3 Å². The number of nitrogens with zero attached hydrogens (tertiary/aromatic N) is 2. The second-order valence-corrected chi connectivity index (χ2v) is 7.52. The van der Waals surface area contributed by atoms with Crippen LogP contribution in [0.15, 0.2) is 23.6 Å². The van der Waals surface area contributed by atoms with E-state index in [0.717, 1.165) is 60.4 Å². The maximum Gasteiger partial charge on any atom is 0.170 e. The quantitative estimate of drug-likeness (QED) is 0.870. The van der Waals surface area contributed by atoms with E-state index < -0.39 is 0 Å². The van der Waals surface area contributed by atoms with E-state index in [1.165, 1.54) is 0 Å². The van der Waals surface area contributed by atoms with Crippen LogP contribution in [-0.4, -0.2) is 43.7 Å². The molecule has 1 unspecified atom stereocenters. The third-order valence-electron chi connectivity index (χ3n) is 4.70. The molecule has 1 fully saturated rings. The van der Waals surface area contributed by atoms with E-state index in [1.807, 2.05) is 18.2 Å². The highest BCUT2D eigenvalue weighted by Crippen LogP contribution is 2.39. The zero-order chi connectivity index (χ0) is 17.2. The van der Waals surface area contributed by atoms with E-state index in [4.69, 9.17) is 20.2 Å². The fraction of sp³-hybridized carbons (Fsp3) is 0.500. The van der Waals surface area contributed by atoms with E-state index in [9.17, 15) is 0 Å². The van der Waals surface area contributed by atoms with Gasteiger partial charge in [-0.25, -0.2) is 4.98 Å². The highest BCUT2D eigenvalue weighted by molar-refractivity contribution is 7.13. The van der Waals surface area contributed by atoms with Crippen molar-refractivity contribution in [1.82, 2.24) is 9.88 Å². The molecule has 1 saturated heterocycles. The van der Waals surface area contributed by atoms with Crippen molar-refractivity contribution in [2.45, 2.75) is 19.9 Å². The highest BCUT2D eigenvalue weighted by Gasteiger charge is 2.32. The number of para-hydroxylation sites is 1. The lowest BCUT2D eigenvalue weighted by molar-refractivity contribution is 0.272. The Kier molecular flexibility index (Phi) is 5.08. The summed E-state index contributed by atoms with van der Waals surface area (Å²) in [6.07, 6.45) is 1.16. The Morgan fingerprint density at radius 3 is 2.83 bits per heavy atom. The van der Waals surface area contributed by atoms with Gasteiger partial charge in [-0.3, -0.25) is 4.90 Å². The van der Waals surface area contributed by atoms with Crippen LogP contribution in [0.25, 0.3) is 10.6 Å². The number of nitrogens with two attached hydrogens (primary N) is 1. The van der Waals surface area contributed by atoms with Crippen LogP contribution in [0, 0.1) is 5.41 Å². The number of hydrogen-bond acceptors (Lipinski definition) is 6. The molecule has 1 aliphatic heterocycles. The van der Waals surface area contributed by atoms with Crippen molar-refractivity contribution < 1.29 is 9.47 Å². The number of methoxy groups -OCH3 is 2. The van der Waals surface area contributed by atoms with E-state index in [1.54, 1.807) is 25.6 Å². The first-order valence-electron chi connectivity index (χ1n) is 8.17. The van der Waals surface area contributed by atoms with Gasteiger partial charge in [0.15, 0.2) is 11.5 Å². The van der Waals surface area contributed by atoms with Crippen molar-refractivity contribution >= 4 is 11.3 Å². The van der Waals surface area contributed by atoms with Crippen LogP contribution < -0.4 is 15.2 Å². The van der Waals surface area contributed by atoms with Gasteiger partial charge >= 0.3 is 0 Å². The van der Waals surface area contributed by atoms with E-state index in [-0.39, 0.29) is 5.41 Å². The summed E-state index contributed by atoms with van der Waals surface area (Å²) >= 11 is 1.64. The topological polar surface area (TPSA) is 60.6 Å². The Morgan fingerprint density at radius 2 is 2.17 bits per heavy atom. The van der Waals surface area contributed by atoms with E-state index in [2.05, 4.69) is 17.2 Å². The van der Waals surface area contributed by atoms with E-state index in [0.29, 0.717) is 0 Å². The Hall–Kier alpha value is -1.63. The van der Waals surface area contributed by atoms with Gasteiger partial charge < -0.3 is 15.2 Å². The Morgan fingerprint density at radius 1 is 1.33 bits per heavy atom. The molecule has 1 aromatic carbocycles. The molecule has 0 aliphatic carbocycles. The van der Waals surface area contributed by atoms with E-state index >= 15 is 0 Å². The van der Waals surface area contributed by atoms with Gasteiger partial charge in [0, 0.05) is 18.5 Å². The number of likely N-dealkylation sites (tertiary alicyclic amines) is 1. The summed E-state index contributed by atoms with van der Waals surface area (Å²) in [4.78, 5) is 7.25. The van der Waals surface area contributed by atoms with Gasteiger partial charge in [0.1, 0.15) is 5.01 Å². The van der Waals surface area contributed by atoms with Crippen LogP contribution in [0.1, 0.15) is 19.0 Å². The van der Waals surface area contributed by atoms with Crippen LogP contribution >= 0.6 is 11.3 Å². The smallest absolute Gasteiger partial charge is 0.170 e. The average molecular weight is 347 g/mol. The normalized spacial score (nSPS) is 21.2. The van der Waals surface area contributed by atoms with Crippen LogP contribution in [0.3, 0.4) is 0 Å². The molecule has 2 aromatic rings. The summed E-state index contributed by atoms with van der Waals surface area (Å²) in [5.41, 5.74) is 8.21. The summed E-state index contributed by atoms with van der Waals surface area (Å²) in [7, 11) is 3.31. The van der Waals surface area contributed by atoms with Crippen molar-refractivity contribution in [3.63, 3.8) is 0 Å². The van der Waals surface area contributed by atoms with Crippen molar-refractivity contribution in [1.29, 1.82) is 0 Å². The summed E-state index contributed by atoms with van der Waals surface area (Å²) in [5, 5.41) is 3.09. The molecule has 130 valence electrons. The zero-order valence-electron chi connectivity index (χ0n) is 14.5. The monoisotopic (exact) mass is 347 g/mol. The molecule has 2 N–H and O–H groups in total. The minimum Gasteiger partial charge on any atom is -0.493 e. The first-order chi connectivity index (χ1) is 11.6. The molecular formula is C18H25N3O2S. The maximum atomic E-state index is 5.90. The average Bonchev–Trinajstić information content (AvgIpc) is 3.21. The molecule has 1 aliphatic rings. The van der Waals surface area contributed by atoms with Gasteiger partial charge in [-0.2, -0.15) is 0 Å². The summed E-state index contributed by atoms with van der Waals surface area (Å²) in [5.74, 6) is 1.46. The molecular weight excluding hydrogens is 322 g/mol. The molecule has 3 rings (SSSR count). The molecule has 0 spiro atoms. The predicted molar refractivity (Wildman–Crippen MR) is 97.7 cm³/mol. The molecule has 0 radical (unpaired) electrons. The SMILES string of the molecule is COc1cccc(-c2nc(CN3CCC(C)(CN)C3)cs2)c1OC. The predicted octanol–water partition coefficient (Wildman–Crippen LogP) is 3.00. The number of ether oxygens (including phenoxy) is 2. The third-order valence-corrected chi connectivity index (χ3v) is 5.62. The van der Waals surface area contributed by atoms with Gasteiger partial charge in [0.05, 0.1) is 25.5 Å². The number of aromatic nitrogens is 1. The first-order valence-corrected chi connectivity index (χ1v) is 9.05. The third kappa shape index (κ3) is 3.41. The van der Waals surface area contributed by atoms with Gasteiger partial charge in [0.2, 0.25) is 0 Å². The van der Waals surface area contributed by atoms with Gasteiger partial charge in [-0.05, 0) is 37.1 Å². The summed E-state index contributed by atoms with van der Waals surface area (Å²) in [6.45, 7) is 6.01. The lowest BCUT2D eigenvalue weighted by Gasteiger charge is -2.22. The second kappa shape index (κ2) is 7.09. The molecule has 0 saturated carbocycles. The Bertz CT molecular complexity index is 703. The summed E-state index contributed by atoms with van der Waals surface area (Å²) < 4.78 is 10.9. The Labute approximate surface area is 147 Å². The van der Waals surface area contributed by atoms with Crippen molar-refractivity contribution in [2.24, 2.45) is 11.1 Å². The Balaban J connectivity index is 1.77. The van der Waals surface area contributed by atoms with Crippen LogP contribution in [0.5, 0.6) is 11.5 Å². The lowest BCUT2D eigenvalue weighted by atomic mass is 9.90. The second-order valence-electron chi connectivity index (χ2n) is 6.66. The number of thiazole rings is 1. The molecule has 1 aromatic heterocycles. The lowest BCUT2D eigenvalue weighted by Crippen LogP contribution is -2.31. The number of hydrogen-bond donors (Lipinski definition) is 1. The molecule has 24 heavy (non-hydrogen) atoms.